The van der Waals surface area contributed by atoms with Gasteiger partial charge in [-0.2, -0.15) is 9.57 Å². The third-order valence-corrected chi connectivity index (χ3v) is 5.71. The molecule has 0 saturated carbocycles. The van der Waals surface area contributed by atoms with Crippen LogP contribution in [0, 0.1) is 17.1 Å². The molecule has 0 aromatic heterocycles. The second-order valence-corrected chi connectivity index (χ2v) is 6.97. The second-order valence-electron chi connectivity index (χ2n) is 5.08. The van der Waals surface area contributed by atoms with Gasteiger partial charge in [-0.15, -0.1) is 0 Å². The summed E-state index contributed by atoms with van der Waals surface area (Å²) in [5, 5.41) is 8.83. The molecule has 0 fully saturated rings. The zero-order valence-electron chi connectivity index (χ0n) is 12.9. The highest BCUT2D eigenvalue weighted by molar-refractivity contribution is 7.89. The summed E-state index contributed by atoms with van der Waals surface area (Å²) in [4.78, 5) is -0.0696. The molecule has 0 radical (unpaired) electrons. The molecule has 0 spiro atoms. The van der Waals surface area contributed by atoms with Crippen LogP contribution in [0.3, 0.4) is 0 Å². The first-order valence-electron chi connectivity index (χ1n) is 7.17. The number of sulfonamides is 1. The van der Waals surface area contributed by atoms with Gasteiger partial charge in [0, 0.05) is 12.6 Å². The van der Waals surface area contributed by atoms with Crippen molar-refractivity contribution in [2.75, 3.05) is 6.54 Å². The van der Waals surface area contributed by atoms with Gasteiger partial charge in [-0.05, 0) is 42.8 Å². The number of hydrogen-bond donors (Lipinski definition) is 0. The van der Waals surface area contributed by atoms with E-state index in [1.54, 1.807) is 38.1 Å². The minimum atomic E-state index is -3.81. The van der Waals surface area contributed by atoms with Gasteiger partial charge in [-0.1, -0.05) is 25.1 Å². The topological polar surface area (TPSA) is 61.2 Å². The first kappa shape index (κ1) is 17.1. The summed E-state index contributed by atoms with van der Waals surface area (Å²) >= 11 is 0. The van der Waals surface area contributed by atoms with Crippen molar-refractivity contribution in [3.8, 4) is 6.07 Å². The van der Waals surface area contributed by atoms with Crippen molar-refractivity contribution >= 4 is 10.0 Å². The zero-order valence-corrected chi connectivity index (χ0v) is 13.7. The van der Waals surface area contributed by atoms with E-state index in [1.165, 1.54) is 22.5 Å². The van der Waals surface area contributed by atoms with E-state index >= 15 is 0 Å². The number of nitrogens with zero attached hydrogens (tertiary/aromatic N) is 2. The number of benzene rings is 2. The molecule has 2 aromatic carbocycles. The monoisotopic (exact) mass is 332 g/mol. The highest BCUT2D eigenvalue weighted by atomic mass is 32.2. The van der Waals surface area contributed by atoms with Crippen molar-refractivity contribution < 1.29 is 12.8 Å². The summed E-state index contributed by atoms with van der Waals surface area (Å²) in [6, 6.07) is 13.3. The van der Waals surface area contributed by atoms with Crippen molar-refractivity contribution in [2.45, 2.75) is 24.8 Å². The Balaban J connectivity index is 2.39. The maximum atomic E-state index is 13.4. The van der Waals surface area contributed by atoms with Crippen LogP contribution in [0.15, 0.2) is 53.4 Å². The molecular weight excluding hydrogens is 315 g/mol. The zero-order chi connectivity index (χ0) is 17.0. The van der Waals surface area contributed by atoms with Crippen LogP contribution in [0.5, 0.6) is 0 Å². The van der Waals surface area contributed by atoms with Gasteiger partial charge in [-0.25, -0.2) is 12.8 Å². The van der Waals surface area contributed by atoms with Gasteiger partial charge in [-0.3, -0.25) is 0 Å². The van der Waals surface area contributed by atoms with E-state index in [2.05, 4.69) is 0 Å². The third-order valence-electron chi connectivity index (χ3n) is 3.67. The summed E-state index contributed by atoms with van der Waals surface area (Å²) in [5.41, 5.74) is 1.28. The predicted molar refractivity (Wildman–Crippen MR) is 85.5 cm³/mol. The molecular formula is C17H17FN2O2S. The average Bonchev–Trinajstić information content (AvgIpc) is 2.55. The molecule has 0 unspecified atom stereocenters. The predicted octanol–water partition coefficient (Wildman–Crippen LogP) is 3.47. The van der Waals surface area contributed by atoms with E-state index in [-0.39, 0.29) is 11.4 Å². The quantitative estimate of drug-likeness (QED) is 0.842. The fraction of sp³-hybridized carbons (Fsp3) is 0.235. The second kappa shape index (κ2) is 6.90. The van der Waals surface area contributed by atoms with Gasteiger partial charge >= 0.3 is 0 Å². The van der Waals surface area contributed by atoms with E-state index in [9.17, 15) is 12.8 Å². The van der Waals surface area contributed by atoms with Crippen LogP contribution in [0.1, 0.15) is 31.0 Å². The Bertz CT molecular complexity index is 826. The summed E-state index contributed by atoms with van der Waals surface area (Å²) in [7, 11) is -3.81. The number of halogens is 1. The number of hydrogen-bond acceptors (Lipinski definition) is 3. The van der Waals surface area contributed by atoms with Crippen LogP contribution in [-0.2, 0) is 10.0 Å². The molecule has 0 saturated heterocycles. The van der Waals surface area contributed by atoms with Gasteiger partial charge in [0.25, 0.3) is 0 Å². The molecule has 2 aromatic rings. The van der Waals surface area contributed by atoms with E-state index in [4.69, 9.17) is 5.26 Å². The minimum absolute atomic E-state index is 0.0696. The van der Waals surface area contributed by atoms with Crippen LogP contribution in [0.2, 0.25) is 0 Å². The number of rotatable bonds is 5. The molecule has 0 N–H and O–H groups in total. The van der Waals surface area contributed by atoms with Crippen molar-refractivity contribution in [1.82, 2.24) is 4.31 Å². The van der Waals surface area contributed by atoms with E-state index in [0.717, 1.165) is 11.6 Å². The summed E-state index contributed by atoms with van der Waals surface area (Å²) in [6.07, 6.45) is 0. The molecule has 0 aliphatic carbocycles. The molecule has 0 aliphatic rings. The largest absolute Gasteiger partial charge is 0.243 e. The van der Waals surface area contributed by atoms with Gasteiger partial charge in [0.05, 0.1) is 16.5 Å². The molecule has 0 bridgehead atoms. The Hall–Kier alpha value is -2.23. The first-order valence-corrected chi connectivity index (χ1v) is 8.61. The lowest BCUT2D eigenvalue weighted by molar-refractivity contribution is 0.357. The SMILES string of the molecule is CCN([C@H](C)c1ccc(C#N)cc1)S(=O)(=O)c1cccc(F)c1. The molecule has 2 rings (SSSR count). The standard InChI is InChI=1S/C17H17FN2O2S/c1-3-20(13(2)15-9-7-14(12-19)8-10-15)23(21,22)17-6-4-5-16(18)11-17/h4-11,13H,3H2,1-2H3/t13-/m1/s1. The molecule has 0 amide bonds. The van der Waals surface area contributed by atoms with Gasteiger partial charge < -0.3 is 0 Å². The smallest absolute Gasteiger partial charge is 0.207 e. The molecule has 23 heavy (non-hydrogen) atoms. The summed E-state index contributed by atoms with van der Waals surface area (Å²) < 4.78 is 40.2. The fourth-order valence-electron chi connectivity index (χ4n) is 2.42. The summed E-state index contributed by atoms with van der Waals surface area (Å²) in [6.45, 7) is 3.75. The van der Waals surface area contributed by atoms with Crippen LogP contribution >= 0.6 is 0 Å². The molecule has 0 heterocycles. The van der Waals surface area contributed by atoms with Crippen molar-refractivity contribution in [1.29, 1.82) is 5.26 Å². The molecule has 1 atom stereocenters. The Morgan fingerprint density at radius 1 is 1.22 bits per heavy atom. The Labute approximate surface area is 135 Å². The van der Waals surface area contributed by atoms with Gasteiger partial charge in [0.15, 0.2) is 0 Å². The lowest BCUT2D eigenvalue weighted by atomic mass is 10.1. The lowest BCUT2D eigenvalue weighted by Gasteiger charge is -2.27. The normalized spacial score (nSPS) is 12.8. The molecule has 0 aliphatic heterocycles. The average molecular weight is 332 g/mol. The van der Waals surface area contributed by atoms with Crippen molar-refractivity contribution in [3.63, 3.8) is 0 Å². The van der Waals surface area contributed by atoms with Crippen LogP contribution in [0.25, 0.3) is 0 Å². The van der Waals surface area contributed by atoms with Crippen molar-refractivity contribution in [3.05, 3.63) is 65.5 Å². The van der Waals surface area contributed by atoms with Gasteiger partial charge in [0.1, 0.15) is 5.82 Å². The Morgan fingerprint density at radius 2 is 1.87 bits per heavy atom. The van der Waals surface area contributed by atoms with Crippen LogP contribution < -0.4 is 0 Å². The highest BCUT2D eigenvalue weighted by Crippen LogP contribution is 2.27. The van der Waals surface area contributed by atoms with Crippen LogP contribution in [0.4, 0.5) is 4.39 Å². The number of nitriles is 1. The highest BCUT2D eigenvalue weighted by Gasteiger charge is 2.28. The molecule has 6 heteroatoms. The van der Waals surface area contributed by atoms with E-state index in [1.807, 2.05) is 6.07 Å². The van der Waals surface area contributed by atoms with E-state index in [0.29, 0.717) is 5.56 Å². The molecule has 4 nitrogen and oxygen atoms in total. The molecule has 120 valence electrons. The minimum Gasteiger partial charge on any atom is -0.207 e. The van der Waals surface area contributed by atoms with Crippen molar-refractivity contribution in [2.24, 2.45) is 0 Å². The third kappa shape index (κ3) is 3.58. The lowest BCUT2D eigenvalue weighted by Crippen LogP contribution is -2.33. The Morgan fingerprint density at radius 3 is 2.39 bits per heavy atom. The maximum absolute atomic E-state index is 13.4. The van der Waals surface area contributed by atoms with E-state index < -0.39 is 21.9 Å². The Kier molecular flexibility index (Phi) is 5.14. The first-order chi connectivity index (χ1) is 10.9. The maximum Gasteiger partial charge on any atom is 0.243 e. The fourth-order valence-corrected chi connectivity index (χ4v) is 4.08. The van der Waals surface area contributed by atoms with Crippen LogP contribution in [-0.4, -0.2) is 19.3 Å². The van der Waals surface area contributed by atoms with Gasteiger partial charge in [0.2, 0.25) is 10.0 Å². The summed E-state index contributed by atoms with van der Waals surface area (Å²) in [5.74, 6) is -0.590.